The van der Waals surface area contributed by atoms with Gasteiger partial charge in [-0.3, -0.25) is 9.59 Å². The molecule has 0 fully saturated rings. The van der Waals surface area contributed by atoms with Gasteiger partial charge in [0, 0.05) is 28.4 Å². The van der Waals surface area contributed by atoms with Gasteiger partial charge in [0.2, 0.25) is 11.7 Å². The average Bonchev–Trinajstić information content (AvgIpc) is 2.92. The molecule has 1 aliphatic heterocycles. The zero-order chi connectivity index (χ0) is 18.8. The van der Waals surface area contributed by atoms with Crippen LogP contribution in [0.1, 0.15) is 39.0 Å². The minimum atomic E-state index is -0.588. The molecule has 0 bridgehead atoms. The topological polar surface area (TPSA) is 77.4 Å². The number of carbonyl (C=O) groups is 3. The third-order valence-electron chi connectivity index (χ3n) is 4.37. The Balaban J connectivity index is 1.68. The SMILES string of the molecule is CCn1c(C)cc(C(=O)COC(=O)c2ccc3c(c2)NC(=O)CS3)c1C. The number of aryl methyl sites for hydroxylation is 1. The number of carbonyl (C=O) groups excluding carboxylic acids is 3. The van der Waals surface area contributed by atoms with Gasteiger partial charge in [0.05, 0.1) is 17.0 Å². The first-order valence-electron chi connectivity index (χ1n) is 8.34. The highest BCUT2D eigenvalue weighted by molar-refractivity contribution is 8.00. The van der Waals surface area contributed by atoms with Crippen molar-refractivity contribution in [2.75, 3.05) is 17.7 Å². The molecule has 0 unspecified atom stereocenters. The number of ketones is 1. The normalized spacial score (nSPS) is 13.1. The average molecular weight is 372 g/mol. The van der Waals surface area contributed by atoms with Crippen LogP contribution >= 0.6 is 11.8 Å². The molecule has 1 aromatic heterocycles. The van der Waals surface area contributed by atoms with Gasteiger partial charge in [-0.25, -0.2) is 4.79 Å². The molecule has 136 valence electrons. The highest BCUT2D eigenvalue weighted by Crippen LogP contribution is 2.32. The van der Waals surface area contributed by atoms with Crippen molar-refractivity contribution in [2.45, 2.75) is 32.2 Å². The quantitative estimate of drug-likeness (QED) is 0.644. The summed E-state index contributed by atoms with van der Waals surface area (Å²) in [7, 11) is 0. The summed E-state index contributed by atoms with van der Waals surface area (Å²) >= 11 is 1.42. The Labute approximate surface area is 155 Å². The van der Waals surface area contributed by atoms with E-state index in [0.29, 0.717) is 22.6 Å². The zero-order valence-electron chi connectivity index (χ0n) is 14.9. The number of thioether (sulfide) groups is 1. The van der Waals surface area contributed by atoms with E-state index < -0.39 is 5.97 Å². The van der Waals surface area contributed by atoms with Gasteiger partial charge < -0.3 is 14.6 Å². The van der Waals surface area contributed by atoms with Gasteiger partial charge in [-0.1, -0.05) is 0 Å². The number of nitrogens with one attached hydrogen (secondary N) is 1. The lowest BCUT2D eigenvalue weighted by Crippen LogP contribution is -2.19. The molecule has 0 saturated carbocycles. The molecular weight excluding hydrogens is 352 g/mol. The number of hydrogen-bond donors (Lipinski definition) is 1. The van der Waals surface area contributed by atoms with Crippen molar-refractivity contribution in [3.05, 3.63) is 46.8 Å². The largest absolute Gasteiger partial charge is 0.454 e. The summed E-state index contributed by atoms with van der Waals surface area (Å²) in [5, 5.41) is 2.73. The predicted octanol–water partition coefficient (Wildman–Crippen LogP) is 3.21. The van der Waals surface area contributed by atoms with Crippen LogP contribution in [-0.2, 0) is 16.1 Å². The summed E-state index contributed by atoms with van der Waals surface area (Å²) < 4.78 is 7.22. The third-order valence-corrected chi connectivity index (χ3v) is 5.45. The molecule has 0 atom stereocenters. The van der Waals surface area contributed by atoms with Crippen LogP contribution in [0.3, 0.4) is 0 Å². The van der Waals surface area contributed by atoms with Crippen molar-refractivity contribution in [2.24, 2.45) is 0 Å². The Bertz CT molecular complexity index is 901. The van der Waals surface area contributed by atoms with Gasteiger partial charge >= 0.3 is 5.97 Å². The smallest absolute Gasteiger partial charge is 0.338 e. The number of benzene rings is 1. The van der Waals surface area contributed by atoms with E-state index in [1.807, 2.05) is 31.4 Å². The Morgan fingerprint density at radius 3 is 2.73 bits per heavy atom. The molecule has 2 heterocycles. The van der Waals surface area contributed by atoms with Crippen molar-refractivity contribution in [1.82, 2.24) is 4.57 Å². The molecular formula is C19H20N2O4S. The first-order chi connectivity index (χ1) is 12.4. The Hall–Kier alpha value is -2.54. The summed E-state index contributed by atoms with van der Waals surface area (Å²) in [5.41, 5.74) is 3.35. The molecule has 0 spiro atoms. The second-order valence-electron chi connectivity index (χ2n) is 6.08. The second kappa shape index (κ2) is 7.37. The summed E-state index contributed by atoms with van der Waals surface area (Å²) in [4.78, 5) is 37.0. The first kappa shape index (κ1) is 18.3. The Kier molecular flexibility index (Phi) is 5.18. The number of esters is 1. The maximum absolute atomic E-state index is 12.4. The van der Waals surface area contributed by atoms with E-state index in [2.05, 4.69) is 5.32 Å². The van der Waals surface area contributed by atoms with Crippen molar-refractivity contribution >= 4 is 35.1 Å². The van der Waals surface area contributed by atoms with Gasteiger partial charge in [0.1, 0.15) is 0 Å². The van der Waals surface area contributed by atoms with Crippen molar-refractivity contribution in [3.63, 3.8) is 0 Å². The predicted molar refractivity (Wildman–Crippen MR) is 100.0 cm³/mol. The van der Waals surface area contributed by atoms with Gasteiger partial charge in [-0.2, -0.15) is 0 Å². The molecule has 0 aliphatic carbocycles. The minimum absolute atomic E-state index is 0.102. The van der Waals surface area contributed by atoms with Crippen LogP contribution in [0.4, 0.5) is 5.69 Å². The molecule has 1 amide bonds. The monoisotopic (exact) mass is 372 g/mol. The van der Waals surface area contributed by atoms with E-state index in [1.165, 1.54) is 11.8 Å². The molecule has 26 heavy (non-hydrogen) atoms. The number of hydrogen-bond acceptors (Lipinski definition) is 5. The van der Waals surface area contributed by atoms with Crippen LogP contribution in [0.25, 0.3) is 0 Å². The van der Waals surface area contributed by atoms with Gasteiger partial charge in [0.15, 0.2) is 6.61 Å². The van der Waals surface area contributed by atoms with E-state index in [4.69, 9.17) is 4.74 Å². The molecule has 0 saturated heterocycles. The first-order valence-corrected chi connectivity index (χ1v) is 9.33. The number of rotatable bonds is 5. The number of Topliss-reactive ketones (excluding diaryl/α,β-unsaturated/α-hetero) is 1. The lowest BCUT2D eigenvalue weighted by Gasteiger charge is -2.16. The summed E-state index contributed by atoms with van der Waals surface area (Å²) in [6.07, 6.45) is 0. The van der Waals surface area contributed by atoms with Gasteiger partial charge in [-0.15, -0.1) is 11.8 Å². The maximum Gasteiger partial charge on any atom is 0.338 e. The van der Waals surface area contributed by atoms with Crippen LogP contribution < -0.4 is 5.32 Å². The number of nitrogens with zero attached hydrogens (tertiary/aromatic N) is 1. The molecule has 2 aromatic rings. The molecule has 0 radical (unpaired) electrons. The van der Waals surface area contributed by atoms with Gasteiger partial charge in [-0.05, 0) is 45.0 Å². The number of ether oxygens (including phenoxy) is 1. The molecule has 1 aromatic carbocycles. The van der Waals surface area contributed by atoms with E-state index in [9.17, 15) is 14.4 Å². The molecule has 6 nitrogen and oxygen atoms in total. The number of fused-ring (bicyclic) bond motifs is 1. The third kappa shape index (κ3) is 3.53. The summed E-state index contributed by atoms with van der Waals surface area (Å²) in [5.74, 6) is -0.556. The molecule has 1 aliphatic rings. The number of amides is 1. The number of aromatic nitrogens is 1. The van der Waals surface area contributed by atoms with Crippen molar-refractivity contribution in [1.29, 1.82) is 0 Å². The van der Waals surface area contributed by atoms with Crippen LogP contribution in [-0.4, -0.2) is 34.6 Å². The standard InChI is InChI=1S/C19H20N2O4S/c1-4-21-11(2)7-14(12(21)3)16(22)9-25-19(24)13-5-6-17-15(8-13)20-18(23)10-26-17/h5-8H,4,9-10H2,1-3H3,(H,20,23). The second-order valence-corrected chi connectivity index (χ2v) is 7.09. The highest BCUT2D eigenvalue weighted by atomic mass is 32.2. The van der Waals surface area contributed by atoms with Crippen LogP contribution in [0.15, 0.2) is 29.2 Å². The lowest BCUT2D eigenvalue weighted by molar-refractivity contribution is -0.113. The molecule has 1 N–H and O–H groups in total. The van der Waals surface area contributed by atoms with Crippen molar-refractivity contribution in [3.8, 4) is 0 Å². The zero-order valence-corrected chi connectivity index (χ0v) is 15.7. The van der Waals surface area contributed by atoms with Crippen LogP contribution in [0, 0.1) is 13.8 Å². The van der Waals surface area contributed by atoms with E-state index in [1.54, 1.807) is 18.2 Å². The lowest BCUT2D eigenvalue weighted by atomic mass is 10.1. The Morgan fingerprint density at radius 2 is 2.04 bits per heavy atom. The van der Waals surface area contributed by atoms with Gasteiger partial charge in [0.25, 0.3) is 0 Å². The van der Waals surface area contributed by atoms with Crippen LogP contribution in [0.2, 0.25) is 0 Å². The van der Waals surface area contributed by atoms with Crippen LogP contribution in [0.5, 0.6) is 0 Å². The fourth-order valence-corrected chi connectivity index (χ4v) is 3.86. The van der Waals surface area contributed by atoms with Crippen molar-refractivity contribution < 1.29 is 19.1 Å². The van der Waals surface area contributed by atoms with E-state index in [0.717, 1.165) is 22.8 Å². The van der Waals surface area contributed by atoms with E-state index in [-0.39, 0.29) is 18.3 Å². The summed E-state index contributed by atoms with van der Waals surface area (Å²) in [6.45, 7) is 6.31. The molecule has 3 rings (SSSR count). The highest BCUT2D eigenvalue weighted by Gasteiger charge is 2.20. The molecule has 7 heteroatoms. The minimum Gasteiger partial charge on any atom is -0.454 e. The summed E-state index contributed by atoms with van der Waals surface area (Å²) in [6, 6.07) is 6.81. The maximum atomic E-state index is 12.4. The van der Waals surface area contributed by atoms with E-state index >= 15 is 0 Å². The fraction of sp³-hybridized carbons (Fsp3) is 0.316. The fourth-order valence-electron chi connectivity index (χ4n) is 3.07. The Morgan fingerprint density at radius 1 is 1.27 bits per heavy atom. The number of anilines is 1.